The van der Waals surface area contributed by atoms with Crippen molar-refractivity contribution in [1.82, 2.24) is 9.97 Å². The van der Waals surface area contributed by atoms with E-state index >= 15 is 0 Å². The van der Waals surface area contributed by atoms with Gasteiger partial charge in [-0.15, -0.1) is 0 Å². The van der Waals surface area contributed by atoms with Crippen LogP contribution in [-0.4, -0.2) is 54.8 Å². The minimum absolute atomic E-state index is 0.445. The van der Waals surface area contributed by atoms with Crippen LogP contribution in [0.5, 0.6) is 17.2 Å². The fourth-order valence-corrected chi connectivity index (χ4v) is 3.37. The summed E-state index contributed by atoms with van der Waals surface area (Å²) in [6.07, 6.45) is 4.74. The molecule has 0 bridgehead atoms. The molecule has 0 unspecified atom stereocenters. The molecule has 1 fully saturated rings. The zero-order valence-corrected chi connectivity index (χ0v) is 16.9. The Morgan fingerprint density at radius 1 is 1.11 bits per heavy atom. The second-order valence-electron chi connectivity index (χ2n) is 6.72. The molecule has 2 heterocycles. The molecule has 8 nitrogen and oxygen atoms in total. The maximum atomic E-state index is 6.19. The van der Waals surface area contributed by atoms with Gasteiger partial charge < -0.3 is 19.9 Å². The first-order valence-corrected chi connectivity index (χ1v) is 9.31. The van der Waals surface area contributed by atoms with E-state index in [9.17, 15) is 0 Å². The zero-order chi connectivity index (χ0) is 20.1. The van der Waals surface area contributed by atoms with E-state index in [-0.39, 0.29) is 0 Å². The summed E-state index contributed by atoms with van der Waals surface area (Å²) in [6, 6.07) is 3.80. The van der Waals surface area contributed by atoms with Crippen LogP contribution in [0.4, 0.5) is 11.8 Å². The Bertz CT molecular complexity index is 849. The molecule has 2 aromatic rings. The number of anilines is 2. The first-order valence-electron chi connectivity index (χ1n) is 9.31. The summed E-state index contributed by atoms with van der Waals surface area (Å²) in [5.74, 6) is 3.77. The third-order valence-corrected chi connectivity index (χ3v) is 4.89. The Kier molecular flexibility index (Phi) is 6.18. The van der Waals surface area contributed by atoms with E-state index in [2.05, 4.69) is 19.9 Å². The van der Waals surface area contributed by atoms with Crippen LogP contribution in [0.3, 0.4) is 0 Å². The van der Waals surface area contributed by atoms with Crippen molar-refractivity contribution in [3.63, 3.8) is 0 Å². The smallest absolute Gasteiger partial charge is 0.320 e. The van der Waals surface area contributed by atoms with Crippen molar-refractivity contribution in [2.45, 2.75) is 26.2 Å². The lowest BCUT2D eigenvalue weighted by atomic mass is 10.1. The number of nitrogens with zero attached hydrogens (tertiary/aromatic N) is 3. The summed E-state index contributed by atoms with van der Waals surface area (Å²) >= 11 is 0. The van der Waals surface area contributed by atoms with Gasteiger partial charge in [0.25, 0.3) is 0 Å². The largest absolute Gasteiger partial charge is 0.493 e. The fourth-order valence-electron chi connectivity index (χ4n) is 3.37. The number of amidine groups is 1. The van der Waals surface area contributed by atoms with E-state index in [4.69, 9.17) is 19.9 Å². The zero-order valence-electron chi connectivity index (χ0n) is 16.9. The van der Waals surface area contributed by atoms with Gasteiger partial charge in [0.15, 0.2) is 11.5 Å². The van der Waals surface area contributed by atoms with Gasteiger partial charge >= 0.3 is 5.95 Å². The van der Waals surface area contributed by atoms with E-state index in [0.717, 1.165) is 30.1 Å². The standard InChI is InChI=1S/C20H27N5O3/c1-13(25-7-5-6-8-25)23-20-22-12-15(19(21)24-20)9-14-10-16(26-2)18(28-4)17(11-14)27-3/h10-12H,5-9H2,1-4H3,(H2,21,22,24)/p+1. The van der Waals surface area contributed by atoms with Gasteiger partial charge in [0.05, 0.1) is 34.4 Å². The number of hydrogen-bond acceptors (Lipinski definition) is 6. The summed E-state index contributed by atoms with van der Waals surface area (Å²) in [5, 5.41) is 3.25. The summed E-state index contributed by atoms with van der Waals surface area (Å²) < 4.78 is 18.5. The molecule has 1 saturated heterocycles. The van der Waals surface area contributed by atoms with Gasteiger partial charge in [0, 0.05) is 25.1 Å². The molecule has 1 aromatic heterocycles. The molecule has 8 heteroatoms. The Morgan fingerprint density at radius 3 is 2.29 bits per heavy atom. The number of ether oxygens (including phenoxy) is 3. The number of aromatic nitrogens is 2. The van der Waals surface area contributed by atoms with Crippen LogP contribution >= 0.6 is 0 Å². The van der Waals surface area contributed by atoms with Crippen LogP contribution in [0.1, 0.15) is 30.9 Å². The molecule has 3 N–H and O–H groups in total. The molecule has 0 amide bonds. The highest BCUT2D eigenvalue weighted by Gasteiger charge is 2.17. The second-order valence-corrected chi connectivity index (χ2v) is 6.72. The lowest BCUT2D eigenvalue weighted by molar-refractivity contribution is -0.506. The minimum Gasteiger partial charge on any atom is -0.493 e. The van der Waals surface area contributed by atoms with Crippen LogP contribution in [0, 0.1) is 0 Å². The van der Waals surface area contributed by atoms with Crippen molar-refractivity contribution < 1.29 is 18.8 Å². The highest BCUT2D eigenvalue weighted by Crippen LogP contribution is 2.38. The molecule has 150 valence electrons. The third-order valence-electron chi connectivity index (χ3n) is 4.89. The van der Waals surface area contributed by atoms with Gasteiger partial charge in [-0.05, 0) is 30.5 Å². The van der Waals surface area contributed by atoms with Crippen molar-refractivity contribution in [3.8, 4) is 17.2 Å². The summed E-state index contributed by atoms with van der Waals surface area (Å²) in [4.78, 5) is 8.85. The Balaban J connectivity index is 1.80. The number of nitrogen functional groups attached to an aromatic ring is 1. The van der Waals surface area contributed by atoms with E-state index in [1.54, 1.807) is 27.5 Å². The van der Waals surface area contributed by atoms with Crippen molar-refractivity contribution in [2.24, 2.45) is 0 Å². The molecule has 3 rings (SSSR count). The van der Waals surface area contributed by atoms with Gasteiger partial charge in [0.1, 0.15) is 5.82 Å². The summed E-state index contributed by atoms with van der Waals surface area (Å²) in [7, 11) is 4.77. The molecule has 0 spiro atoms. The maximum Gasteiger partial charge on any atom is 0.320 e. The van der Waals surface area contributed by atoms with E-state index in [1.807, 2.05) is 19.1 Å². The number of nitrogens with one attached hydrogen (secondary N) is 1. The second kappa shape index (κ2) is 8.77. The Labute approximate surface area is 165 Å². The fraction of sp³-hybridized carbons (Fsp3) is 0.450. The van der Waals surface area contributed by atoms with Crippen LogP contribution < -0.4 is 25.3 Å². The SMILES string of the molecule is COc1cc(Cc2cnc(NC(C)=[N+]3CCCC3)nc2N)cc(OC)c1OC. The Hall–Kier alpha value is -3.03. The monoisotopic (exact) mass is 386 g/mol. The van der Waals surface area contributed by atoms with E-state index < -0.39 is 0 Å². The average molecular weight is 386 g/mol. The summed E-state index contributed by atoms with van der Waals surface area (Å²) in [6.45, 7) is 4.16. The Morgan fingerprint density at radius 2 is 1.75 bits per heavy atom. The van der Waals surface area contributed by atoms with Crippen LogP contribution in [0.15, 0.2) is 18.3 Å². The van der Waals surface area contributed by atoms with Gasteiger partial charge in [0.2, 0.25) is 11.6 Å². The van der Waals surface area contributed by atoms with Crippen molar-refractivity contribution in [3.05, 3.63) is 29.5 Å². The predicted molar refractivity (Wildman–Crippen MR) is 109 cm³/mol. The molecule has 1 aliphatic rings. The lowest BCUT2D eigenvalue weighted by Gasteiger charge is -2.14. The van der Waals surface area contributed by atoms with Gasteiger partial charge in [-0.25, -0.2) is 5.32 Å². The summed E-state index contributed by atoms with van der Waals surface area (Å²) in [5.41, 5.74) is 7.99. The van der Waals surface area contributed by atoms with Crippen LogP contribution in [0.2, 0.25) is 0 Å². The molecule has 0 atom stereocenters. The average Bonchev–Trinajstić information content (AvgIpc) is 3.24. The van der Waals surface area contributed by atoms with E-state index in [1.165, 1.54) is 12.8 Å². The molecule has 28 heavy (non-hydrogen) atoms. The number of nitrogens with two attached hydrogens (primary N) is 1. The highest BCUT2D eigenvalue weighted by atomic mass is 16.5. The number of rotatable bonds is 6. The molecule has 1 aliphatic heterocycles. The van der Waals surface area contributed by atoms with Crippen LogP contribution in [-0.2, 0) is 6.42 Å². The predicted octanol–water partition coefficient (Wildman–Crippen LogP) is 2.31. The molecule has 0 radical (unpaired) electrons. The first-order chi connectivity index (χ1) is 13.5. The van der Waals surface area contributed by atoms with Crippen LogP contribution in [0.25, 0.3) is 0 Å². The van der Waals surface area contributed by atoms with Gasteiger partial charge in [-0.2, -0.15) is 9.97 Å². The molecular formula is C20H28N5O3+. The first kappa shape index (κ1) is 19.7. The molecule has 0 aliphatic carbocycles. The molecule has 1 aromatic carbocycles. The quantitative estimate of drug-likeness (QED) is 0.581. The minimum atomic E-state index is 0.445. The lowest BCUT2D eigenvalue weighted by Crippen LogP contribution is -2.24. The topological polar surface area (TPSA) is 94.5 Å². The molecular weight excluding hydrogens is 358 g/mol. The van der Waals surface area contributed by atoms with Gasteiger partial charge in [-0.1, -0.05) is 0 Å². The number of benzene rings is 1. The maximum absolute atomic E-state index is 6.19. The highest BCUT2D eigenvalue weighted by molar-refractivity contribution is 5.88. The molecule has 0 saturated carbocycles. The number of hydrogen-bond donors (Lipinski definition) is 2. The normalized spacial score (nSPS) is 13.4. The third kappa shape index (κ3) is 4.27. The van der Waals surface area contributed by atoms with Crippen molar-refractivity contribution >= 4 is 17.6 Å². The van der Waals surface area contributed by atoms with Gasteiger partial charge in [-0.3, -0.25) is 4.58 Å². The van der Waals surface area contributed by atoms with E-state index in [0.29, 0.717) is 35.4 Å². The number of methoxy groups -OCH3 is 3. The van der Waals surface area contributed by atoms with Crippen molar-refractivity contribution in [1.29, 1.82) is 0 Å². The van der Waals surface area contributed by atoms with Crippen molar-refractivity contribution in [2.75, 3.05) is 45.5 Å².